The average molecular weight is 290 g/mol. The van der Waals surface area contributed by atoms with Crippen molar-refractivity contribution in [1.82, 2.24) is 5.32 Å². The Hall–Kier alpha value is -0.930. The number of ether oxygens (including phenoxy) is 1. The summed E-state index contributed by atoms with van der Waals surface area (Å²) >= 11 is 11.9. The van der Waals surface area contributed by atoms with Crippen LogP contribution in [0.4, 0.5) is 0 Å². The summed E-state index contributed by atoms with van der Waals surface area (Å²) in [7, 11) is 0. The Morgan fingerprint density at radius 2 is 1.89 bits per heavy atom. The molecule has 1 aromatic carbocycles. The number of carbonyl (C=O) groups is 1. The fraction of sp³-hybridized carbons (Fsp3) is 0.462. The third kappa shape index (κ3) is 4.39. The quantitative estimate of drug-likeness (QED) is 0.898. The lowest BCUT2D eigenvalue weighted by Gasteiger charge is -2.24. The first kappa shape index (κ1) is 15.1. The van der Waals surface area contributed by atoms with E-state index < -0.39 is 0 Å². The second kappa shape index (κ2) is 6.30. The van der Waals surface area contributed by atoms with Crippen LogP contribution < -0.4 is 10.1 Å². The van der Waals surface area contributed by atoms with E-state index in [2.05, 4.69) is 5.32 Å². The minimum atomic E-state index is -0.245. The Morgan fingerprint density at radius 3 is 2.39 bits per heavy atom. The van der Waals surface area contributed by atoms with Crippen molar-refractivity contribution in [2.75, 3.05) is 6.61 Å². The van der Waals surface area contributed by atoms with Gasteiger partial charge in [0, 0.05) is 5.54 Å². The van der Waals surface area contributed by atoms with E-state index in [0.717, 1.165) is 6.42 Å². The van der Waals surface area contributed by atoms with Crippen LogP contribution in [-0.4, -0.2) is 18.1 Å². The Labute approximate surface area is 117 Å². The average Bonchev–Trinajstić information content (AvgIpc) is 2.28. The largest absolute Gasteiger partial charge is 0.481 e. The fourth-order valence-corrected chi connectivity index (χ4v) is 1.77. The Bertz CT molecular complexity index is 413. The number of benzene rings is 1. The van der Waals surface area contributed by atoms with Gasteiger partial charge in [0.1, 0.15) is 0 Å². The maximum absolute atomic E-state index is 11.7. The normalized spacial score (nSPS) is 11.2. The standard InChI is InChI=1S/C13H17Cl2NO2/c1-4-13(2,3)16-11(17)8-18-12-9(14)6-5-7-10(12)15/h5-7H,4,8H2,1-3H3,(H,16,17). The second-order valence-electron chi connectivity index (χ2n) is 4.63. The van der Waals surface area contributed by atoms with Gasteiger partial charge in [0.15, 0.2) is 12.4 Å². The highest BCUT2D eigenvalue weighted by molar-refractivity contribution is 6.37. The summed E-state index contributed by atoms with van der Waals surface area (Å²) in [6.45, 7) is 5.81. The van der Waals surface area contributed by atoms with E-state index in [4.69, 9.17) is 27.9 Å². The van der Waals surface area contributed by atoms with E-state index in [1.54, 1.807) is 18.2 Å². The molecule has 0 fully saturated rings. The summed E-state index contributed by atoms with van der Waals surface area (Å²) in [4.78, 5) is 11.7. The van der Waals surface area contributed by atoms with E-state index in [1.165, 1.54) is 0 Å². The van der Waals surface area contributed by atoms with Gasteiger partial charge in [0.25, 0.3) is 5.91 Å². The summed E-state index contributed by atoms with van der Waals surface area (Å²) in [5.74, 6) is 0.142. The molecule has 1 amide bonds. The molecule has 0 saturated heterocycles. The Morgan fingerprint density at radius 1 is 1.33 bits per heavy atom. The summed E-state index contributed by atoms with van der Waals surface area (Å²) in [5, 5.41) is 3.65. The lowest BCUT2D eigenvalue weighted by molar-refractivity contribution is -0.124. The summed E-state index contributed by atoms with van der Waals surface area (Å²) in [6.07, 6.45) is 0.839. The van der Waals surface area contributed by atoms with E-state index in [-0.39, 0.29) is 18.1 Å². The number of hydrogen-bond donors (Lipinski definition) is 1. The molecule has 0 saturated carbocycles. The molecule has 0 aliphatic carbocycles. The smallest absolute Gasteiger partial charge is 0.258 e. The van der Waals surface area contributed by atoms with Crippen LogP contribution in [0.3, 0.4) is 0 Å². The van der Waals surface area contributed by atoms with Gasteiger partial charge in [-0.25, -0.2) is 0 Å². The minimum Gasteiger partial charge on any atom is -0.481 e. The van der Waals surface area contributed by atoms with Gasteiger partial charge in [-0.05, 0) is 32.4 Å². The molecule has 0 aliphatic rings. The van der Waals surface area contributed by atoms with E-state index in [9.17, 15) is 4.79 Å². The van der Waals surface area contributed by atoms with Crippen LogP contribution in [0.2, 0.25) is 10.0 Å². The molecule has 0 spiro atoms. The minimum absolute atomic E-state index is 0.104. The van der Waals surface area contributed by atoms with Gasteiger partial charge < -0.3 is 10.1 Å². The summed E-state index contributed by atoms with van der Waals surface area (Å²) < 4.78 is 5.34. The topological polar surface area (TPSA) is 38.3 Å². The van der Waals surface area contributed by atoms with Crippen LogP contribution in [0.1, 0.15) is 27.2 Å². The number of halogens is 2. The summed E-state index contributed by atoms with van der Waals surface area (Å²) in [5.41, 5.74) is -0.245. The number of rotatable bonds is 5. The van der Waals surface area contributed by atoms with Crippen molar-refractivity contribution in [1.29, 1.82) is 0 Å². The molecular weight excluding hydrogens is 273 g/mol. The zero-order valence-corrected chi connectivity index (χ0v) is 12.2. The molecule has 0 atom stereocenters. The van der Waals surface area contributed by atoms with E-state index >= 15 is 0 Å². The van der Waals surface area contributed by atoms with Gasteiger partial charge in [0.2, 0.25) is 0 Å². The molecular formula is C13H17Cl2NO2. The molecule has 0 aliphatic heterocycles. The maximum Gasteiger partial charge on any atom is 0.258 e. The van der Waals surface area contributed by atoms with E-state index in [0.29, 0.717) is 15.8 Å². The number of para-hydroxylation sites is 1. The van der Waals surface area contributed by atoms with Crippen LogP contribution in [0, 0.1) is 0 Å². The number of hydrogen-bond acceptors (Lipinski definition) is 2. The number of carbonyl (C=O) groups excluding carboxylic acids is 1. The molecule has 1 aromatic rings. The van der Waals surface area contributed by atoms with Gasteiger partial charge in [-0.2, -0.15) is 0 Å². The van der Waals surface area contributed by atoms with Gasteiger partial charge in [0.05, 0.1) is 10.0 Å². The lowest BCUT2D eigenvalue weighted by Crippen LogP contribution is -2.44. The van der Waals surface area contributed by atoms with Crippen molar-refractivity contribution in [2.45, 2.75) is 32.7 Å². The van der Waals surface area contributed by atoms with Gasteiger partial charge in [-0.3, -0.25) is 4.79 Å². The van der Waals surface area contributed by atoms with Gasteiger partial charge in [-0.1, -0.05) is 36.2 Å². The van der Waals surface area contributed by atoms with Crippen molar-refractivity contribution >= 4 is 29.1 Å². The lowest BCUT2D eigenvalue weighted by atomic mass is 10.0. The zero-order valence-electron chi connectivity index (χ0n) is 10.7. The molecule has 3 nitrogen and oxygen atoms in total. The van der Waals surface area contributed by atoms with Crippen LogP contribution >= 0.6 is 23.2 Å². The first-order chi connectivity index (χ1) is 8.35. The Balaban J connectivity index is 2.58. The fourth-order valence-electron chi connectivity index (χ4n) is 1.26. The molecule has 100 valence electrons. The molecule has 0 bridgehead atoms. The number of amides is 1. The van der Waals surface area contributed by atoms with Crippen LogP contribution in [0.15, 0.2) is 18.2 Å². The summed E-state index contributed by atoms with van der Waals surface area (Å²) in [6, 6.07) is 5.05. The SMILES string of the molecule is CCC(C)(C)NC(=O)COc1c(Cl)cccc1Cl. The van der Waals surface area contributed by atoms with Crippen LogP contribution in [0.25, 0.3) is 0 Å². The highest BCUT2D eigenvalue weighted by atomic mass is 35.5. The predicted molar refractivity (Wildman–Crippen MR) is 74.5 cm³/mol. The first-order valence-electron chi connectivity index (χ1n) is 5.73. The van der Waals surface area contributed by atoms with Crippen molar-refractivity contribution in [3.8, 4) is 5.75 Å². The molecule has 1 N–H and O–H groups in total. The molecule has 5 heteroatoms. The molecule has 0 heterocycles. The van der Waals surface area contributed by atoms with Crippen molar-refractivity contribution in [2.24, 2.45) is 0 Å². The Kier molecular flexibility index (Phi) is 5.29. The highest BCUT2D eigenvalue weighted by Crippen LogP contribution is 2.32. The zero-order chi connectivity index (χ0) is 13.8. The van der Waals surface area contributed by atoms with E-state index in [1.807, 2.05) is 20.8 Å². The molecule has 18 heavy (non-hydrogen) atoms. The van der Waals surface area contributed by atoms with Crippen molar-refractivity contribution in [3.05, 3.63) is 28.2 Å². The molecule has 0 aromatic heterocycles. The molecule has 0 radical (unpaired) electrons. The third-order valence-electron chi connectivity index (χ3n) is 2.63. The van der Waals surface area contributed by atoms with Gasteiger partial charge in [-0.15, -0.1) is 0 Å². The molecule has 0 unspecified atom stereocenters. The van der Waals surface area contributed by atoms with Crippen LogP contribution in [0.5, 0.6) is 5.75 Å². The first-order valence-corrected chi connectivity index (χ1v) is 6.49. The van der Waals surface area contributed by atoms with Crippen molar-refractivity contribution in [3.63, 3.8) is 0 Å². The predicted octanol–water partition coefficient (Wildman–Crippen LogP) is 3.68. The highest BCUT2D eigenvalue weighted by Gasteiger charge is 2.18. The number of nitrogens with one attached hydrogen (secondary N) is 1. The third-order valence-corrected chi connectivity index (χ3v) is 3.22. The van der Waals surface area contributed by atoms with Crippen LogP contribution in [-0.2, 0) is 4.79 Å². The molecule has 1 rings (SSSR count). The maximum atomic E-state index is 11.7. The monoisotopic (exact) mass is 289 g/mol. The van der Waals surface area contributed by atoms with Crippen molar-refractivity contribution < 1.29 is 9.53 Å². The van der Waals surface area contributed by atoms with Gasteiger partial charge >= 0.3 is 0 Å². The second-order valence-corrected chi connectivity index (χ2v) is 5.44.